The van der Waals surface area contributed by atoms with Crippen molar-refractivity contribution < 1.29 is 23.8 Å². The quantitative estimate of drug-likeness (QED) is 0.286. The molecular formula is C28H28N4O6S2. The molecule has 1 atom stereocenters. The van der Waals surface area contributed by atoms with Crippen LogP contribution < -0.4 is 19.9 Å². The minimum atomic E-state index is -0.430. The van der Waals surface area contributed by atoms with Gasteiger partial charge in [-0.15, -0.1) is 0 Å². The Morgan fingerprint density at radius 3 is 2.83 bits per heavy atom. The second-order valence-electron chi connectivity index (χ2n) is 9.71. The lowest BCUT2D eigenvalue weighted by atomic mass is 9.96. The van der Waals surface area contributed by atoms with Gasteiger partial charge in [0, 0.05) is 25.7 Å². The topological polar surface area (TPSA) is 114 Å². The smallest absolute Gasteiger partial charge is 0.310 e. The summed E-state index contributed by atoms with van der Waals surface area (Å²) in [6, 6.07) is 7.51. The number of pyridine rings is 1. The standard InChI is InChI=1S/C28H28N4O6S2/c1-4-36-27(35)18-6-5-9-31(14-18)24-19(16(2)20(12-29)25(33)30(24)3)11-23-26(34)32(28(39)40-23)13-17-7-8-21-22(10-17)38-15-37-21/h7-8,10-11,18H,4-6,9,13-15H2,1-3H3/b23-11-. The highest BCUT2D eigenvalue weighted by Gasteiger charge is 2.35. The monoisotopic (exact) mass is 580 g/mol. The van der Waals surface area contributed by atoms with Crippen LogP contribution in [-0.4, -0.2) is 52.2 Å². The van der Waals surface area contributed by atoms with Crippen molar-refractivity contribution in [1.29, 1.82) is 5.26 Å². The fraction of sp³-hybridized carbons (Fsp3) is 0.393. The number of amides is 1. The lowest BCUT2D eigenvalue weighted by Gasteiger charge is -2.35. The lowest BCUT2D eigenvalue weighted by Crippen LogP contribution is -2.42. The Bertz CT molecular complexity index is 1540. The fourth-order valence-electron chi connectivity index (χ4n) is 5.21. The van der Waals surface area contributed by atoms with Gasteiger partial charge in [-0.2, -0.15) is 5.26 Å². The minimum Gasteiger partial charge on any atom is -0.466 e. The second kappa shape index (κ2) is 11.3. The molecule has 1 unspecified atom stereocenters. The molecule has 5 rings (SSSR count). The summed E-state index contributed by atoms with van der Waals surface area (Å²) >= 11 is 6.74. The predicted molar refractivity (Wildman–Crippen MR) is 154 cm³/mol. The molecule has 2 aromatic rings. The number of piperidine rings is 1. The Labute approximate surface area is 241 Å². The van der Waals surface area contributed by atoms with Gasteiger partial charge in [-0.05, 0) is 56.0 Å². The molecule has 1 aromatic carbocycles. The molecular weight excluding hydrogens is 552 g/mol. The molecule has 0 aliphatic carbocycles. The van der Waals surface area contributed by atoms with Gasteiger partial charge in [0.05, 0.1) is 24.0 Å². The molecule has 10 nitrogen and oxygen atoms in total. The van der Waals surface area contributed by atoms with E-state index in [1.165, 1.54) is 21.2 Å². The van der Waals surface area contributed by atoms with E-state index in [1.54, 1.807) is 33.0 Å². The zero-order chi connectivity index (χ0) is 28.6. The van der Waals surface area contributed by atoms with E-state index in [4.69, 9.17) is 26.4 Å². The van der Waals surface area contributed by atoms with Gasteiger partial charge >= 0.3 is 5.97 Å². The number of hydrogen-bond acceptors (Lipinski definition) is 10. The van der Waals surface area contributed by atoms with E-state index < -0.39 is 5.56 Å². The van der Waals surface area contributed by atoms with E-state index >= 15 is 0 Å². The van der Waals surface area contributed by atoms with Gasteiger partial charge in [0.15, 0.2) is 11.5 Å². The van der Waals surface area contributed by atoms with Crippen molar-refractivity contribution in [2.75, 3.05) is 31.4 Å². The summed E-state index contributed by atoms with van der Waals surface area (Å²) in [5.74, 6) is 0.949. The number of thiocarbonyl (C=S) groups is 1. The Morgan fingerprint density at radius 2 is 2.08 bits per heavy atom. The number of anilines is 1. The molecule has 1 aromatic heterocycles. The zero-order valence-corrected chi connectivity index (χ0v) is 24.0. The van der Waals surface area contributed by atoms with Crippen LogP contribution in [0.1, 0.15) is 42.0 Å². The number of carbonyl (C=O) groups is 2. The highest BCUT2D eigenvalue weighted by molar-refractivity contribution is 8.26. The molecule has 0 N–H and O–H groups in total. The molecule has 4 heterocycles. The van der Waals surface area contributed by atoms with Crippen LogP contribution in [0.15, 0.2) is 27.9 Å². The molecule has 3 aliphatic rings. The third kappa shape index (κ3) is 5.07. The Kier molecular flexibility index (Phi) is 7.87. The number of carbonyl (C=O) groups excluding carboxylic acids is 2. The number of ether oxygens (including phenoxy) is 3. The number of hydrogen-bond donors (Lipinski definition) is 0. The summed E-state index contributed by atoms with van der Waals surface area (Å²) < 4.78 is 17.9. The first-order valence-electron chi connectivity index (χ1n) is 12.9. The van der Waals surface area contributed by atoms with Crippen molar-refractivity contribution in [3.8, 4) is 17.6 Å². The van der Waals surface area contributed by atoms with Crippen molar-refractivity contribution in [3.63, 3.8) is 0 Å². The molecule has 3 aliphatic heterocycles. The maximum absolute atomic E-state index is 13.6. The number of aromatic nitrogens is 1. The molecule has 0 radical (unpaired) electrons. The zero-order valence-electron chi connectivity index (χ0n) is 22.4. The van der Waals surface area contributed by atoms with E-state index in [1.807, 2.05) is 23.1 Å². The van der Waals surface area contributed by atoms with Gasteiger partial charge in [-0.25, -0.2) is 0 Å². The van der Waals surface area contributed by atoms with Crippen LogP contribution in [0.2, 0.25) is 0 Å². The summed E-state index contributed by atoms with van der Waals surface area (Å²) in [5, 5.41) is 9.77. The third-order valence-corrected chi connectivity index (χ3v) is 8.61. The summed E-state index contributed by atoms with van der Waals surface area (Å²) in [6.45, 7) is 5.16. The highest BCUT2D eigenvalue weighted by Crippen LogP contribution is 2.38. The minimum absolute atomic E-state index is 0.00675. The van der Waals surface area contributed by atoms with Gasteiger partial charge in [0.2, 0.25) is 6.79 Å². The lowest BCUT2D eigenvalue weighted by molar-refractivity contribution is -0.148. The van der Waals surface area contributed by atoms with Crippen molar-refractivity contribution in [3.05, 3.63) is 55.7 Å². The average molecular weight is 581 g/mol. The fourth-order valence-corrected chi connectivity index (χ4v) is 6.44. The molecule has 1 amide bonds. The van der Waals surface area contributed by atoms with Crippen molar-refractivity contribution in [2.24, 2.45) is 13.0 Å². The number of benzene rings is 1. The van der Waals surface area contributed by atoms with Crippen LogP contribution in [0.4, 0.5) is 5.82 Å². The summed E-state index contributed by atoms with van der Waals surface area (Å²) in [4.78, 5) is 43.1. The molecule has 2 saturated heterocycles. The van der Waals surface area contributed by atoms with Crippen LogP contribution in [0.5, 0.6) is 11.5 Å². The Morgan fingerprint density at radius 1 is 1.30 bits per heavy atom. The number of esters is 1. The summed E-state index contributed by atoms with van der Waals surface area (Å²) in [7, 11) is 1.61. The third-order valence-electron chi connectivity index (χ3n) is 7.24. The van der Waals surface area contributed by atoms with E-state index in [2.05, 4.69) is 0 Å². The number of nitrogens with zero attached hydrogens (tertiary/aromatic N) is 4. The summed E-state index contributed by atoms with van der Waals surface area (Å²) in [5.41, 5.74) is 1.46. The highest BCUT2D eigenvalue weighted by atomic mass is 32.2. The van der Waals surface area contributed by atoms with Crippen molar-refractivity contribution in [1.82, 2.24) is 9.47 Å². The molecule has 0 spiro atoms. The van der Waals surface area contributed by atoms with Crippen LogP contribution in [0, 0.1) is 24.2 Å². The van der Waals surface area contributed by atoms with E-state index in [9.17, 15) is 19.6 Å². The SMILES string of the molecule is CCOC(=O)C1CCCN(c2c(/C=C3\SC(=S)N(Cc4ccc5c(c4)OCO5)C3=O)c(C)c(C#N)c(=O)n2C)C1. The number of thioether (sulfide) groups is 1. The first-order valence-corrected chi connectivity index (χ1v) is 14.1. The van der Waals surface area contributed by atoms with E-state index in [0.29, 0.717) is 63.8 Å². The number of nitriles is 1. The van der Waals surface area contributed by atoms with E-state index in [-0.39, 0.29) is 36.7 Å². The largest absolute Gasteiger partial charge is 0.466 e. The summed E-state index contributed by atoms with van der Waals surface area (Å²) in [6.07, 6.45) is 3.12. The Balaban J connectivity index is 1.51. The predicted octanol–water partition coefficient (Wildman–Crippen LogP) is 3.48. The van der Waals surface area contributed by atoms with Crippen molar-refractivity contribution in [2.45, 2.75) is 33.2 Å². The normalized spacial score (nSPS) is 19.4. The van der Waals surface area contributed by atoms with Crippen molar-refractivity contribution >= 4 is 52.1 Å². The maximum atomic E-state index is 13.6. The molecule has 12 heteroatoms. The van der Waals surface area contributed by atoms with Gasteiger partial charge in [0.1, 0.15) is 21.8 Å². The first kappa shape index (κ1) is 27.7. The molecule has 0 saturated carbocycles. The van der Waals surface area contributed by atoms with Crippen LogP contribution in [0.3, 0.4) is 0 Å². The van der Waals surface area contributed by atoms with E-state index in [0.717, 1.165) is 12.0 Å². The molecule has 0 bridgehead atoms. The Hall–Kier alpha value is -3.82. The van der Waals surface area contributed by atoms with Gasteiger partial charge < -0.3 is 19.1 Å². The molecule has 208 valence electrons. The van der Waals surface area contributed by atoms with Crippen LogP contribution in [0.25, 0.3) is 6.08 Å². The second-order valence-corrected chi connectivity index (χ2v) is 11.4. The van der Waals surface area contributed by atoms with Crippen LogP contribution >= 0.6 is 24.0 Å². The maximum Gasteiger partial charge on any atom is 0.310 e. The average Bonchev–Trinajstić information content (AvgIpc) is 3.52. The molecule has 40 heavy (non-hydrogen) atoms. The van der Waals surface area contributed by atoms with Gasteiger partial charge in [-0.3, -0.25) is 23.9 Å². The van der Waals surface area contributed by atoms with Gasteiger partial charge in [-0.1, -0.05) is 30.0 Å². The van der Waals surface area contributed by atoms with Crippen LogP contribution in [-0.2, 0) is 27.9 Å². The number of fused-ring (bicyclic) bond motifs is 1. The first-order chi connectivity index (χ1) is 19.2. The number of rotatable bonds is 6. The van der Waals surface area contributed by atoms with Gasteiger partial charge in [0.25, 0.3) is 11.5 Å². The molecule has 2 fully saturated rings.